The van der Waals surface area contributed by atoms with Crippen molar-refractivity contribution in [2.75, 3.05) is 6.54 Å². The number of piperidine rings is 1. The molecule has 0 saturated carbocycles. The second-order valence-electron chi connectivity index (χ2n) is 9.62. The molecule has 0 radical (unpaired) electrons. The number of aliphatic hydroxyl groups excluding tert-OH is 1. The fourth-order valence-electron chi connectivity index (χ4n) is 5.54. The molecular weight excluding hydrogens is 422 g/mol. The average molecular weight is 458 g/mol. The van der Waals surface area contributed by atoms with E-state index in [0.29, 0.717) is 19.3 Å². The van der Waals surface area contributed by atoms with E-state index in [1.165, 1.54) is 11.1 Å². The zero-order valence-corrected chi connectivity index (χ0v) is 20.0. The minimum absolute atomic E-state index is 0.242. The van der Waals surface area contributed by atoms with Crippen molar-refractivity contribution in [1.29, 1.82) is 0 Å². The van der Waals surface area contributed by atoms with Crippen molar-refractivity contribution in [2.24, 2.45) is 0 Å². The van der Waals surface area contributed by atoms with E-state index in [1.807, 2.05) is 36.4 Å². The number of benzene rings is 3. The van der Waals surface area contributed by atoms with Gasteiger partial charge in [0.2, 0.25) is 0 Å². The third-order valence-electron chi connectivity index (χ3n) is 7.21. The van der Waals surface area contributed by atoms with E-state index in [4.69, 9.17) is 9.47 Å². The van der Waals surface area contributed by atoms with E-state index in [0.717, 1.165) is 61.3 Å². The summed E-state index contributed by atoms with van der Waals surface area (Å²) >= 11 is 0. The van der Waals surface area contributed by atoms with Crippen LogP contribution in [0.25, 0.3) is 0 Å². The van der Waals surface area contributed by atoms with Gasteiger partial charge in [0, 0.05) is 18.6 Å². The number of fused-ring (bicyclic) bond motifs is 3. The quantitative estimate of drug-likeness (QED) is 0.446. The van der Waals surface area contributed by atoms with Crippen molar-refractivity contribution < 1.29 is 14.6 Å². The summed E-state index contributed by atoms with van der Waals surface area (Å²) in [6.07, 6.45) is 4.71. The Labute approximate surface area is 203 Å². The predicted molar refractivity (Wildman–Crippen MR) is 135 cm³/mol. The molecule has 1 N–H and O–H groups in total. The first-order valence-corrected chi connectivity index (χ1v) is 12.7. The summed E-state index contributed by atoms with van der Waals surface area (Å²) in [6, 6.07) is 25.6. The van der Waals surface area contributed by atoms with Crippen LogP contribution in [0, 0.1) is 0 Å². The Kier molecular flexibility index (Phi) is 7.17. The summed E-state index contributed by atoms with van der Waals surface area (Å²) in [4.78, 5) is 2.63. The van der Waals surface area contributed by atoms with Crippen LogP contribution in [0.2, 0.25) is 0 Å². The lowest BCUT2D eigenvalue weighted by molar-refractivity contribution is -0.00881. The monoisotopic (exact) mass is 457 g/mol. The summed E-state index contributed by atoms with van der Waals surface area (Å²) in [5, 5.41) is 10.7. The van der Waals surface area contributed by atoms with Gasteiger partial charge >= 0.3 is 0 Å². The first kappa shape index (κ1) is 22.9. The number of rotatable bonds is 8. The number of ether oxygens (including phenoxy) is 2. The van der Waals surface area contributed by atoms with Crippen LogP contribution in [0.4, 0.5) is 0 Å². The van der Waals surface area contributed by atoms with Gasteiger partial charge in [0.1, 0.15) is 13.2 Å². The SMILES string of the molecule is CCC[C@@H]1C[C@@H](O)C[C@H]2c3cc(OCc4ccccc4)c(OCc4ccccc4)cc3CCN12. The van der Waals surface area contributed by atoms with Crippen molar-refractivity contribution in [2.45, 2.75) is 70.4 Å². The van der Waals surface area contributed by atoms with E-state index in [9.17, 15) is 5.11 Å². The van der Waals surface area contributed by atoms with Crippen LogP contribution in [-0.2, 0) is 19.6 Å². The molecule has 0 unspecified atom stereocenters. The molecule has 0 aliphatic carbocycles. The highest BCUT2D eigenvalue weighted by Gasteiger charge is 2.38. The third kappa shape index (κ3) is 5.13. The van der Waals surface area contributed by atoms with Crippen LogP contribution in [0.1, 0.15) is 60.9 Å². The van der Waals surface area contributed by atoms with E-state index in [-0.39, 0.29) is 12.1 Å². The van der Waals surface area contributed by atoms with Crippen LogP contribution < -0.4 is 9.47 Å². The molecule has 4 nitrogen and oxygen atoms in total. The molecule has 0 amide bonds. The van der Waals surface area contributed by atoms with E-state index >= 15 is 0 Å². The molecule has 1 saturated heterocycles. The fraction of sp³-hybridized carbons (Fsp3) is 0.400. The van der Waals surface area contributed by atoms with Gasteiger partial charge in [0.15, 0.2) is 11.5 Å². The van der Waals surface area contributed by atoms with E-state index < -0.39 is 0 Å². The molecule has 0 aromatic heterocycles. The highest BCUT2D eigenvalue weighted by molar-refractivity contribution is 5.50. The topological polar surface area (TPSA) is 41.9 Å². The summed E-state index contributed by atoms with van der Waals surface area (Å²) in [7, 11) is 0. The Morgan fingerprint density at radius 2 is 1.47 bits per heavy atom. The van der Waals surface area contributed by atoms with Gasteiger partial charge in [-0.15, -0.1) is 0 Å². The molecule has 2 aliphatic heterocycles. The number of nitrogens with zero attached hydrogens (tertiary/aromatic N) is 1. The molecule has 178 valence electrons. The van der Waals surface area contributed by atoms with Gasteiger partial charge in [-0.2, -0.15) is 0 Å². The summed E-state index contributed by atoms with van der Waals surface area (Å²) < 4.78 is 12.7. The lowest BCUT2D eigenvalue weighted by Crippen LogP contribution is -2.49. The Bertz CT molecular complexity index is 1070. The van der Waals surface area contributed by atoms with Gasteiger partial charge in [0.25, 0.3) is 0 Å². The molecule has 2 heterocycles. The highest BCUT2D eigenvalue weighted by atomic mass is 16.5. The molecule has 3 aromatic rings. The minimum atomic E-state index is -0.244. The van der Waals surface area contributed by atoms with Crippen molar-refractivity contribution >= 4 is 0 Å². The zero-order valence-electron chi connectivity index (χ0n) is 20.0. The number of hydrogen-bond acceptors (Lipinski definition) is 4. The van der Waals surface area contributed by atoms with Crippen LogP contribution in [-0.4, -0.2) is 28.7 Å². The molecular formula is C30H35NO3. The summed E-state index contributed by atoms with van der Waals surface area (Å²) in [5.41, 5.74) is 4.88. The van der Waals surface area contributed by atoms with Crippen molar-refractivity contribution in [1.82, 2.24) is 4.90 Å². The molecule has 34 heavy (non-hydrogen) atoms. The molecule has 1 fully saturated rings. The Morgan fingerprint density at radius 1 is 0.853 bits per heavy atom. The third-order valence-corrected chi connectivity index (χ3v) is 7.21. The van der Waals surface area contributed by atoms with Crippen LogP contribution >= 0.6 is 0 Å². The normalized spacial score (nSPS) is 22.0. The summed E-state index contributed by atoms with van der Waals surface area (Å²) in [6.45, 7) is 4.28. The Balaban J connectivity index is 1.44. The largest absolute Gasteiger partial charge is 0.485 e. The van der Waals surface area contributed by atoms with Crippen molar-refractivity contribution in [3.8, 4) is 11.5 Å². The molecule has 5 rings (SSSR count). The molecule has 3 atom stereocenters. The molecule has 3 aromatic carbocycles. The van der Waals surface area contributed by atoms with Crippen LogP contribution in [0.5, 0.6) is 11.5 Å². The highest BCUT2D eigenvalue weighted by Crippen LogP contribution is 2.44. The van der Waals surface area contributed by atoms with Gasteiger partial charge in [0.05, 0.1) is 6.10 Å². The first-order valence-electron chi connectivity index (χ1n) is 12.7. The number of aliphatic hydroxyl groups is 1. The maximum atomic E-state index is 10.7. The maximum absolute atomic E-state index is 10.7. The minimum Gasteiger partial charge on any atom is -0.485 e. The zero-order chi connectivity index (χ0) is 23.3. The van der Waals surface area contributed by atoms with Gasteiger partial charge in [-0.1, -0.05) is 74.0 Å². The lowest BCUT2D eigenvalue weighted by Gasteiger charge is -2.47. The van der Waals surface area contributed by atoms with Crippen molar-refractivity contribution in [3.05, 3.63) is 95.1 Å². The summed E-state index contributed by atoms with van der Waals surface area (Å²) in [5.74, 6) is 1.58. The van der Waals surface area contributed by atoms with Gasteiger partial charge < -0.3 is 14.6 Å². The Morgan fingerprint density at radius 3 is 2.09 bits per heavy atom. The second-order valence-corrected chi connectivity index (χ2v) is 9.62. The van der Waals surface area contributed by atoms with Gasteiger partial charge in [-0.25, -0.2) is 0 Å². The number of hydrogen-bond donors (Lipinski definition) is 1. The van der Waals surface area contributed by atoms with E-state index in [1.54, 1.807) is 0 Å². The molecule has 4 heteroatoms. The molecule has 0 spiro atoms. The fourth-order valence-corrected chi connectivity index (χ4v) is 5.54. The van der Waals surface area contributed by atoms with Gasteiger partial charge in [-0.3, -0.25) is 4.90 Å². The predicted octanol–water partition coefficient (Wildman–Crippen LogP) is 6.07. The van der Waals surface area contributed by atoms with Crippen molar-refractivity contribution in [3.63, 3.8) is 0 Å². The van der Waals surface area contributed by atoms with Crippen LogP contribution in [0.15, 0.2) is 72.8 Å². The first-order chi connectivity index (χ1) is 16.7. The molecule has 0 bridgehead atoms. The second kappa shape index (κ2) is 10.6. The van der Waals surface area contributed by atoms with Gasteiger partial charge in [-0.05, 0) is 60.1 Å². The van der Waals surface area contributed by atoms with E-state index in [2.05, 4.69) is 48.2 Å². The Hall–Kier alpha value is -2.82. The standard InChI is InChI=1S/C30H35NO3/c1-2-9-25-17-26(32)18-28-27-19-30(34-21-23-12-7-4-8-13-23)29(16-24(27)14-15-31(25)28)33-20-22-10-5-3-6-11-22/h3-8,10-13,16,19,25-26,28,32H,2,9,14-15,17-18,20-21H2,1H3/t25-,26-,28+/m1/s1. The molecule has 2 aliphatic rings. The maximum Gasteiger partial charge on any atom is 0.162 e. The van der Waals surface area contributed by atoms with Crippen LogP contribution in [0.3, 0.4) is 0 Å². The lowest BCUT2D eigenvalue weighted by atomic mass is 9.81. The smallest absolute Gasteiger partial charge is 0.162 e. The average Bonchev–Trinajstić information content (AvgIpc) is 2.87.